The zero-order chi connectivity index (χ0) is 20.0. The topological polar surface area (TPSA) is 104 Å². The van der Waals surface area contributed by atoms with E-state index >= 15 is 0 Å². The summed E-state index contributed by atoms with van der Waals surface area (Å²) in [4.78, 5) is 41.4. The first-order valence-corrected chi connectivity index (χ1v) is 9.02. The van der Waals surface area contributed by atoms with Crippen molar-refractivity contribution in [2.45, 2.75) is 32.2 Å². The highest BCUT2D eigenvalue weighted by atomic mass is 35.5. The van der Waals surface area contributed by atoms with Gasteiger partial charge in [-0.15, -0.1) is 0 Å². The van der Waals surface area contributed by atoms with Crippen LogP contribution in [0, 0.1) is 11.7 Å². The van der Waals surface area contributed by atoms with E-state index in [0.29, 0.717) is 16.3 Å². The van der Waals surface area contributed by atoms with Gasteiger partial charge in [0.2, 0.25) is 5.91 Å². The third-order valence-electron chi connectivity index (χ3n) is 4.06. The Morgan fingerprint density at radius 3 is 2.52 bits per heavy atom. The zero-order valence-corrected chi connectivity index (χ0v) is 16.5. The van der Waals surface area contributed by atoms with Crippen molar-refractivity contribution in [3.8, 4) is 0 Å². The fourth-order valence-corrected chi connectivity index (χ4v) is 3.00. The van der Waals surface area contributed by atoms with Gasteiger partial charge in [-0.2, -0.15) is 0 Å². The first-order valence-electron chi connectivity index (χ1n) is 8.24. The van der Waals surface area contributed by atoms with E-state index in [2.05, 4.69) is 15.3 Å². The normalized spacial score (nSPS) is 11.7. The Labute approximate surface area is 166 Å². The van der Waals surface area contributed by atoms with Crippen molar-refractivity contribution in [3.05, 3.63) is 61.2 Å². The van der Waals surface area contributed by atoms with Gasteiger partial charge in [0.05, 0.1) is 19.6 Å². The molecule has 0 aliphatic rings. The lowest BCUT2D eigenvalue weighted by molar-refractivity contribution is -0.141. The fraction of sp³-hybridized carbons (Fsp3) is 0.333. The molecule has 2 rings (SSSR count). The second-order valence-corrected chi connectivity index (χ2v) is 6.81. The first kappa shape index (κ1) is 20.9. The summed E-state index contributed by atoms with van der Waals surface area (Å²) in [5, 5.41) is 3.37. The second-order valence-electron chi connectivity index (χ2n) is 5.96. The molecule has 27 heavy (non-hydrogen) atoms. The molecule has 0 aliphatic heterocycles. The lowest BCUT2D eigenvalue weighted by atomic mass is 10.0. The number of aromatic amines is 2. The van der Waals surface area contributed by atoms with Crippen LogP contribution in [-0.4, -0.2) is 29.0 Å². The van der Waals surface area contributed by atoms with Crippen molar-refractivity contribution in [2.24, 2.45) is 0 Å². The summed E-state index contributed by atoms with van der Waals surface area (Å²) in [5.74, 6) is -0.738. The van der Waals surface area contributed by atoms with Crippen molar-refractivity contribution in [2.75, 3.05) is 7.11 Å². The van der Waals surface area contributed by atoms with Crippen LogP contribution >= 0.6 is 23.8 Å². The summed E-state index contributed by atoms with van der Waals surface area (Å²) < 4.78 is 4.95. The number of benzene rings is 1. The number of halogens is 1. The maximum Gasteiger partial charge on any atom is 0.307 e. The number of amides is 1. The van der Waals surface area contributed by atoms with Gasteiger partial charge in [0, 0.05) is 22.7 Å². The highest BCUT2D eigenvalue weighted by molar-refractivity contribution is 7.71. The average molecular weight is 410 g/mol. The number of hydrogen-bond donors (Lipinski definition) is 3. The van der Waals surface area contributed by atoms with E-state index in [4.69, 9.17) is 28.6 Å². The molecular formula is C18H20ClN3O4S. The Hall–Kier alpha value is -2.45. The molecule has 1 atom stereocenters. The molecule has 1 amide bonds. The van der Waals surface area contributed by atoms with Gasteiger partial charge < -0.3 is 15.0 Å². The van der Waals surface area contributed by atoms with Crippen LogP contribution in [0.2, 0.25) is 5.02 Å². The van der Waals surface area contributed by atoms with Crippen molar-refractivity contribution >= 4 is 35.7 Å². The number of esters is 1. The number of methoxy groups -OCH3 is 1. The number of H-pyrrole nitrogens is 2. The molecule has 0 fully saturated rings. The maximum atomic E-state index is 12.4. The largest absolute Gasteiger partial charge is 0.469 e. The molecular weight excluding hydrogens is 390 g/mol. The van der Waals surface area contributed by atoms with Crippen LogP contribution in [0.3, 0.4) is 0 Å². The van der Waals surface area contributed by atoms with Gasteiger partial charge in [-0.3, -0.25) is 19.4 Å². The first-order chi connectivity index (χ1) is 12.8. The molecule has 2 aromatic rings. The molecule has 7 nitrogen and oxygen atoms in total. The molecule has 1 heterocycles. The summed E-state index contributed by atoms with van der Waals surface area (Å²) in [6.07, 6.45) is 0.312. The Morgan fingerprint density at radius 2 is 1.93 bits per heavy atom. The standard InChI is InChI=1S/C18H20ClN3O4S/c1-10-13(17(25)22-18(27)20-10)7-8-15(23)21-14(9-16(24)26-2)11-3-5-12(19)6-4-11/h3-6,14H,7-9H2,1-2H3,(H,21,23)(H2,20,22,25,27)/t14-/m1/s1. The minimum atomic E-state index is -0.553. The molecule has 0 spiro atoms. The summed E-state index contributed by atoms with van der Waals surface area (Å²) in [7, 11) is 1.29. The SMILES string of the molecule is COC(=O)C[C@@H](NC(=O)CCc1c(C)[nH]c(=S)[nH]c1=O)c1ccc(Cl)cc1. The van der Waals surface area contributed by atoms with Crippen LogP contribution < -0.4 is 10.9 Å². The van der Waals surface area contributed by atoms with Crippen LogP contribution in [-0.2, 0) is 20.7 Å². The number of ether oxygens (including phenoxy) is 1. The van der Waals surface area contributed by atoms with Crippen LogP contribution in [0.15, 0.2) is 29.1 Å². The minimum Gasteiger partial charge on any atom is -0.469 e. The molecule has 0 saturated heterocycles. The third kappa shape index (κ3) is 6.04. The van der Waals surface area contributed by atoms with E-state index in [-0.39, 0.29) is 35.5 Å². The Morgan fingerprint density at radius 1 is 1.26 bits per heavy atom. The predicted octanol–water partition coefficient (Wildman–Crippen LogP) is 2.75. The van der Waals surface area contributed by atoms with Gasteiger partial charge >= 0.3 is 5.97 Å². The predicted molar refractivity (Wildman–Crippen MR) is 104 cm³/mol. The van der Waals surface area contributed by atoms with Gasteiger partial charge in [-0.05, 0) is 43.3 Å². The van der Waals surface area contributed by atoms with E-state index in [1.807, 2.05) is 0 Å². The number of nitrogens with one attached hydrogen (secondary N) is 3. The van der Waals surface area contributed by atoms with Crippen molar-refractivity contribution in [1.82, 2.24) is 15.3 Å². The Balaban J connectivity index is 2.09. The van der Waals surface area contributed by atoms with Crippen LogP contribution in [0.1, 0.15) is 35.7 Å². The van der Waals surface area contributed by atoms with E-state index in [9.17, 15) is 14.4 Å². The van der Waals surface area contributed by atoms with Gasteiger partial charge in [0.1, 0.15) is 0 Å². The average Bonchev–Trinajstić information content (AvgIpc) is 2.60. The molecule has 1 aromatic carbocycles. The highest BCUT2D eigenvalue weighted by Gasteiger charge is 2.19. The monoisotopic (exact) mass is 409 g/mol. The lowest BCUT2D eigenvalue weighted by Gasteiger charge is -2.18. The minimum absolute atomic E-state index is 0.0120. The summed E-state index contributed by atoms with van der Waals surface area (Å²) >= 11 is 10.8. The Kier molecular flexibility index (Phi) is 7.32. The summed E-state index contributed by atoms with van der Waals surface area (Å²) in [6, 6.07) is 6.29. The lowest BCUT2D eigenvalue weighted by Crippen LogP contribution is -2.31. The van der Waals surface area contributed by atoms with Gasteiger partial charge in [0.25, 0.3) is 5.56 Å². The third-order valence-corrected chi connectivity index (χ3v) is 4.52. The van der Waals surface area contributed by atoms with Gasteiger partial charge in [0.15, 0.2) is 4.77 Å². The summed E-state index contributed by atoms with van der Waals surface area (Å²) in [5.41, 5.74) is 1.51. The Bertz CT molecular complexity index is 937. The van der Waals surface area contributed by atoms with Crippen molar-refractivity contribution in [3.63, 3.8) is 0 Å². The van der Waals surface area contributed by atoms with Crippen molar-refractivity contribution < 1.29 is 14.3 Å². The molecule has 9 heteroatoms. The van der Waals surface area contributed by atoms with Crippen molar-refractivity contribution in [1.29, 1.82) is 0 Å². The molecule has 0 saturated carbocycles. The van der Waals surface area contributed by atoms with Gasteiger partial charge in [-0.1, -0.05) is 23.7 Å². The smallest absolute Gasteiger partial charge is 0.307 e. The van der Waals surface area contributed by atoms with Crippen LogP contribution in [0.5, 0.6) is 0 Å². The molecule has 1 aromatic heterocycles. The molecule has 3 N–H and O–H groups in total. The zero-order valence-electron chi connectivity index (χ0n) is 14.9. The number of hydrogen-bond acceptors (Lipinski definition) is 5. The number of rotatable bonds is 7. The molecule has 0 aliphatic carbocycles. The molecule has 0 bridgehead atoms. The fourth-order valence-electron chi connectivity index (χ4n) is 2.63. The van der Waals surface area contributed by atoms with E-state index in [1.165, 1.54) is 7.11 Å². The molecule has 0 radical (unpaired) electrons. The quantitative estimate of drug-likeness (QED) is 0.481. The van der Waals surface area contributed by atoms with Crippen LogP contribution in [0.4, 0.5) is 0 Å². The second kappa shape index (κ2) is 9.48. The maximum absolute atomic E-state index is 12.4. The molecule has 0 unspecified atom stereocenters. The number of aryl methyl sites for hydroxylation is 1. The van der Waals surface area contributed by atoms with Crippen LogP contribution in [0.25, 0.3) is 0 Å². The van der Waals surface area contributed by atoms with E-state index in [0.717, 1.165) is 5.56 Å². The summed E-state index contributed by atoms with van der Waals surface area (Å²) in [6.45, 7) is 1.73. The molecule has 144 valence electrons. The van der Waals surface area contributed by atoms with Gasteiger partial charge in [-0.25, -0.2) is 0 Å². The number of carbonyl (C=O) groups is 2. The number of aromatic nitrogens is 2. The van der Waals surface area contributed by atoms with E-state index < -0.39 is 12.0 Å². The highest BCUT2D eigenvalue weighted by Crippen LogP contribution is 2.20. The number of carbonyl (C=O) groups excluding carboxylic acids is 2. The van der Waals surface area contributed by atoms with E-state index in [1.54, 1.807) is 31.2 Å².